The van der Waals surface area contributed by atoms with Crippen LogP contribution in [0.5, 0.6) is 0 Å². The maximum atomic E-state index is 11.4. The number of rotatable bonds is 7. The SMILES string of the molecule is COC(C)CCC(=O)NCC(C)C(N)=NO. The number of carbonyl (C=O) groups is 1. The number of nitrogens with zero attached hydrogens (tertiary/aromatic N) is 1. The normalized spacial score (nSPS) is 15.6. The van der Waals surface area contributed by atoms with Crippen molar-refractivity contribution in [2.45, 2.75) is 32.8 Å². The van der Waals surface area contributed by atoms with Crippen molar-refractivity contribution < 1.29 is 14.7 Å². The first-order valence-electron chi connectivity index (χ1n) is 5.28. The Kier molecular flexibility index (Phi) is 7.28. The molecule has 0 radical (unpaired) electrons. The third-order valence-corrected chi connectivity index (χ3v) is 2.41. The maximum absolute atomic E-state index is 11.4. The lowest BCUT2D eigenvalue weighted by molar-refractivity contribution is -0.121. The molecule has 0 aliphatic heterocycles. The summed E-state index contributed by atoms with van der Waals surface area (Å²) >= 11 is 0. The quantitative estimate of drug-likeness (QED) is 0.254. The molecule has 2 unspecified atom stereocenters. The van der Waals surface area contributed by atoms with Crippen LogP contribution in [0.3, 0.4) is 0 Å². The molecule has 0 aromatic rings. The van der Waals surface area contributed by atoms with Crippen molar-refractivity contribution in [3.63, 3.8) is 0 Å². The molecule has 1 amide bonds. The molecule has 6 heteroatoms. The van der Waals surface area contributed by atoms with Gasteiger partial charge in [0, 0.05) is 26.0 Å². The monoisotopic (exact) mass is 231 g/mol. The van der Waals surface area contributed by atoms with Crippen LogP contribution in [0.1, 0.15) is 26.7 Å². The third-order valence-electron chi connectivity index (χ3n) is 2.41. The number of ether oxygens (including phenoxy) is 1. The van der Waals surface area contributed by atoms with Gasteiger partial charge >= 0.3 is 0 Å². The molecule has 0 spiro atoms. The van der Waals surface area contributed by atoms with E-state index in [0.717, 1.165) is 0 Å². The smallest absolute Gasteiger partial charge is 0.220 e. The molecule has 0 saturated heterocycles. The Labute approximate surface area is 95.8 Å². The first kappa shape index (κ1) is 14.7. The highest BCUT2D eigenvalue weighted by molar-refractivity contribution is 5.83. The molecule has 0 aliphatic rings. The van der Waals surface area contributed by atoms with E-state index in [0.29, 0.717) is 19.4 Å². The molecular weight excluding hydrogens is 210 g/mol. The number of amidine groups is 1. The fraction of sp³-hybridized carbons (Fsp3) is 0.800. The largest absolute Gasteiger partial charge is 0.409 e. The van der Waals surface area contributed by atoms with E-state index in [2.05, 4.69) is 10.5 Å². The Balaban J connectivity index is 3.73. The lowest BCUT2D eigenvalue weighted by Crippen LogP contribution is -2.34. The molecule has 0 bridgehead atoms. The third kappa shape index (κ3) is 6.23. The number of nitrogens with one attached hydrogen (secondary N) is 1. The molecule has 0 heterocycles. The number of hydrogen-bond acceptors (Lipinski definition) is 4. The first-order valence-corrected chi connectivity index (χ1v) is 5.28. The van der Waals surface area contributed by atoms with Crippen LogP contribution in [0.4, 0.5) is 0 Å². The molecular formula is C10H21N3O3. The number of amides is 1. The zero-order valence-corrected chi connectivity index (χ0v) is 10.1. The minimum absolute atomic E-state index is 0.0542. The highest BCUT2D eigenvalue weighted by Gasteiger charge is 2.10. The van der Waals surface area contributed by atoms with Crippen molar-refractivity contribution in [1.29, 1.82) is 0 Å². The average molecular weight is 231 g/mol. The van der Waals surface area contributed by atoms with Crippen molar-refractivity contribution >= 4 is 11.7 Å². The molecule has 0 aromatic heterocycles. The van der Waals surface area contributed by atoms with E-state index in [1.54, 1.807) is 14.0 Å². The summed E-state index contributed by atoms with van der Waals surface area (Å²) in [6, 6.07) is 0. The number of nitrogens with two attached hydrogens (primary N) is 1. The number of hydrogen-bond donors (Lipinski definition) is 3. The van der Waals surface area contributed by atoms with Crippen molar-refractivity contribution in [2.75, 3.05) is 13.7 Å². The van der Waals surface area contributed by atoms with Crippen LogP contribution in [-0.2, 0) is 9.53 Å². The average Bonchev–Trinajstić information content (AvgIpc) is 2.31. The van der Waals surface area contributed by atoms with Gasteiger partial charge in [0.25, 0.3) is 0 Å². The fourth-order valence-corrected chi connectivity index (χ4v) is 1.01. The lowest BCUT2D eigenvalue weighted by atomic mass is 10.1. The zero-order chi connectivity index (χ0) is 12.6. The highest BCUT2D eigenvalue weighted by atomic mass is 16.5. The number of carbonyl (C=O) groups excluding carboxylic acids is 1. The van der Waals surface area contributed by atoms with Gasteiger partial charge in [-0.15, -0.1) is 0 Å². The van der Waals surface area contributed by atoms with Gasteiger partial charge in [-0.05, 0) is 13.3 Å². The van der Waals surface area contributed by atoms with Gasteiger partial charge < -0.3 is 21.0 Å². The Morgan fingerprint density at radius 1 is 1.56 bits per heavy atom. The maximum Gasteiger partial charge on any atom is 0.220 e. The summed E-state index contributed by atoms with van der Waals surface area (Å²) < 4.78 is 5.03. The van der Waals surface area contributed by atoms with Crippen LogP contribution in [-0.4, -0.2) is 36.7 Å². The Bertz CT molecular complexity index is 243. The van der Waals surface area contributed by atoms with Gasteiger partial charge in [0.05, 0.1) is 6.10 Å². The predicted octanol–water partition coefficient (Wildman–Crippen LogP) is 0.300. The van der Waals surface area contributed by atoms with E-state index < -0.39 is 0 Å². The molecule has 94 valence electrons. The lowest BCUT2D eigenvalue weighted by Gasteiger charge is -2.12. The minimum Gasteiger partial charge on any atom is -0.409 e. The van der Waals surface area contributed by atoms with Gasteiger partial charge in [-0.3, -0.25) is 4.79 Å². The van der Waals surface area contributed by atoms with Crippen molar-refractivity contribution in [3.05, 3.63) is 0 Å². The van der Waals surface area contributed by atoms with Crippen molar-refractivity contribution in [3.8, 4) is 0 Å². The molecule has 0 saturated carbocycles. The van der Waals surface area contributed by atoms with Crippen molar-refractivity contribution in [1.82, 2.24) is 5.32 Å². The molecule has 0 aliphatic carbocycles. The summed E-state index contributed by atoms with van der Waals surface area (Å²) in [6.07, 6.45) is 1.17. The summed E-state index contributed by atoms with van der Waals surface area (Å²) in [4.78, 5) is 11.4. The second-order valence-corrected chi connectivity index (χ2v) is 3.81. The van der Waals surface area contributed by atoms with E-state index in [-0.39, 0.29) is 23.8 Å². The Morgan fingerprint density at radius 2 is 2.19 bits per heavy atom. The van der Waals surface area contributed by atoms with E-state index >= 15 is 0 Å². The standard InChI is InChI=1S/C10H21N3O3/c1-7(10(11)13-15)6-12-9(14)5-4-8(2)16-3/h7-8,15H,4-6H2,1-3H3,(H2,11,13)(H,12,14). The Hall–Kier alpha value is -1.30. The molecule has 16 heavy (non-hydrogen) atoms. The molecule has 6 nitrogen and oxygen atoms in total. The van der Waals surface area contributed by atoms with Gasteiger partial charge in [0.15, 0.2) is 0 Å². The highest BCUT2D eigenvalue weighted by Crippen LogP contribution is 2.00. The zero-order valence-electron chi connectivity index (χ0n) is 10.1. The van der Waals surface area contributed by atoms with Crippen LogP contribution >= 0.6 is 0 Å². The van der Waals surface area contributed by atoms with E-state index in [4.69, 9.17) is 15.7 Å². The van der Waals surface area contributed by atoms with Crippen LogP contribution in [0.25, 0.3) is 0 Å². The van der Waals surface area contributed by atoms with Crippen LogP contribution < -0.4 is 11.1 Å². The molecule has 0 aromatic carbocycles. The van der Waals surface area contributed by atoms with Crippen LogP contribution in [0.2, 0.25) is 0 Å². The minimum atomic E-state index is -0.172. The van der Waals surface area contributed by atoms with Gasteiger partial charge in [0.1, 0.15) is 5.84 Å². The fourth-order valence-electron chi connectivity index (χ4n) is 1.01. The summed E-state index contributed by atoms with van der Waals surface area (Å²) in [5.41, 5.74) is 5.38. The molecule has 4 N–H and O–H groups in total. The van der Waals surface area contributed by atoms with Gasteiger partial charge in [-0.2, -0.15) is 0 Å². The van der Waals surface area contributed by atoms with Gasteiger partial charge in [0.2, 0.25) is 5.91 Å². The second-order valence-electron chi connectivity index (χ2n) is 3.81. The predicted molar refractivity (Wildman–Crippen MR) is 61.3 cm³/mol. The van der Waals surface area contributed by atoms with E-state index in [9.17, 15) is 4.79 Å². The van der Waals surface area contributed by atoms with Crippen LogP contribution in [0.15, 0.2) is 5.16 Å². The number of methoxy groups -OCH3 is 1. The molecule has 2 atom stereocenters. The summed E-state index contributed by atoms with van der Waals surface area (Å²) in [6.45, 7) is 4.05. The van der Waals surface area contributed by atoms with Gasteiger partial charge in [-0.1, -0.05) is 12.1 Å². The summed E-state index contributed by atoms with van der Waals surface area (Å²) in [5.74, 6) is -0.110. The second kappa shape index (κ2) is 7.92. The Morgan fingerprint density at radius 3 is 2.69 bits per heavy atom. The molecule has 0 fully saturated rings. The number of oxime groups is 1. The van der Waals surface area contributed by atoms with Crippen LogP contribution in [0, 0.1) is 5.92 Å². The van der Waals surface area contributed by atoms with E-state index in [1.165, 1.54) is 0 Å². The van der Waals surface area contributed by atoms with Crippen molar-refractivity contribution in [2.24, 2.45) is 16.8 Å². The summed E-state index contributed by atoms with van der Waals surface area (Å²) in [5, 5.41) is 14.0. The molecule has 0 rings (SSSR count). The topological polar surface area (TPSA) is 96.9 Å². The van der Waals surface area contributed by atoms with Gasteiger partial charge in [-0.25, -0.2) is 0 Å². The summed E-state index contributed by atoms with van der Waals surface area (Å²) in [7, 11) is 1.61. The van der Waals surface area contributed by atoms with E-state index in [1.807, 2.05) is 6.92 Å². The first-order chi connectivity index (χ1) is 7.51.